The molecule has 0 radical (unpaired) electrons. The van der Waals surface area contributed by atoms with Gasteiger partial charge in [0.1, 0.15) is 5.75 Å². The molecule has 7 heteroatoms. The first-order chi connectivity index (χ1) is 6.40. The summed E-state index contributed by atoms with van der Waals surface area (Å²) in [5.74, 6) is 4.59. The minimum Gasteiger partial charge on any atom is -0.406 e. The number of halogens is 4. The third-order valence-corrected chi connectivity index (χ3v) is 1.49. The van der Waals surface area contributed by atoms with Gasteiger partial charge in [0.2, 0.25) is 0 Å². The molecule has 0 fully saturated rings. The lowest BCUT2D eigenvalue weighted by Crippen LogP contribution is -2.17. The van der Waals surface area contributed by atoms with Gasteiger partial charge in [0.15, 0.2) is 0 Å². The first-order valence-corrected chi connectivity index (χ1v) is 3.81. The molecule has 0 heterocycles. The molecule has 0 bridgehead atoms. The summed E-state index contributed by atoms with van der Waals surface area (Å²) in [6, 6.07) is 3.49. The fraction of sp³-hybridized carbons (Fsp3) is 0.143. The molecule has 0 saturated carbocycles. The Morgan fingerprint density at radius 2 is 1.93 bits per heavy atom. The second-order valence-corrected chi connectivity index (χ2v) is 2.80. The van der Waals surface area contributed by atoms with Crippen LogP contribution < -0.4 is 16.0 Å². The van der Waals surface area contributed by atoms with Crippen molar-refractivity contribution >= 4 is 17.3 Å². The van der Waals surface area contributed by atoms with Crippen LogP contribution in [0.15, 0.2) is 18.2 Å². The monoisotopic (exact) mass is 226 g/mol. The van der Waals surface area contributed by atoms with Crippen molar-refractivity contribution in [3.63, 3.8) is 0 Å². The van der Waals surface area contributed by atoms with Gasteiger partial charge in [0.05, 0.1) is 5.69 Å². The number of nitrogens with two attached hydrogens (primary N) is 1. The lowest BCUT2D eigenvalue weighted by atomic mass is 10.3. The Kier molecular flexibility index (Phi) is 3.07. The van der Waals surface area contributed by atoms with Gasteiger partial charge in [-0.3, -0.25) is 5.84 Å². The molecule has 14 heavy (non-hydrogen) atoms. The standard InChI is InChI=1S/C7H6ClF3N2O/c8-4-1-5(13-12)3-6(2-4)14-7(9,10)11/h1-3,13H,12H2. The van der Waals surface area contributed by atoms with Crippen LogP contribution in [0.2, 0.25) is 5.02 Å². The number of nitrogens with one attached hydrogen (secondary N) is 1. The van der Waals surface area contributed by atoms with Gasteiger partial charge in [-0.15, -0.1) is 13.2 Å². The molecule has 1 aromatic carbocycles. The molecule has 3 nitrogen and oxygen atoms in total. The van der Waals surface area contributed by atoms with Crippen molar-refractivity contribution in [3.8, 4) is 5.75 Å². The van der Waals surface area contributed by atoms with Gasteiger partial charge >= 0.3 is 6.36 Å². The van der Waals surface area contributed by atoms with Crippen LogP contribution in [0.25, 0.3) is 0 Å². The largest absolute Gasteiger partial charge is 0.573 e. The molecule has 0 spiro atoms. The molecular formula is C7H6ClF3N2O. The third kappa shape index (κ3) is 3.31. The molecule has 1 rings (SSSR count). The van der Waals surface area contributed by atoms with Crippen molar-refractivity contribution in [1.29, 1.82) is 0 Å². The maximum atomic E-state index is 11.8. The van der Waals surface area contributed by atoms with Gasteiger partial charge in [-0.25, -0.2) is 0 Å². The quantitative estimate of drug-likeness (QED) is 0.602. The minimum absolute atomic E-state index is 0.0969. The maximum Gasteiger partial charge on any atom is 0.573 e. The van der Waals surface area contributed by atoms with Crippen LogP contribution in [0.1, 0.15) is 0 Å². The molecular weight excluding hydrogens is 221 g/mol. The Labute approximate surface area is 82.6 Å². The number of rotatable bonds is 2. The number of hydrogen-bond donors (Lipinski definition) is 2. The van der Waals surface area contributed by atoms with Gasteiger partial charge in [0.25, 0.3) is 0 Å². The molecule has 0 saturated heterocycles. The summed E-state index contributed by atoms with van der Waals surface area (Å²) in [6.07, 6.45) is -4.74. The van der Waals surface area contributed by atoms with E-state index in [0.29, 0.717) is 0 Å². The molecule has 78 valence electrons. The van der Waals surface area contributed by atoms with Crippen LogP contribution in [-0.2, 0) is 0 Å². The van der Waals surface area contributed by atoms with Gasteiger partial charge < -0.3 is 10.2 Å². The van der Waals surface area contributed by atoms with E-state index in [1.807, 2.05) is 0 Å². The second-order valence-electron chi connectivity index (χ2n) is 2.37. The fourth-order valence-electron chi connectivity index (χ4n) is 0.839. The van der Waals surface area contributed by atoms with Crippen molar-refractivity contribution in [2.24, 2.45) is 5.84 Å². The summed E-state index contributed by atoms with van der Waals surface area (Å²) < 4.78 is 39.0. The van der Waals surface area contributed by atoms with Gasteiger partial charge in [-0.2, -0.15) is 0 Å². The first-order valence-electron chi connectivity index (χ1n) is 3.43. The zero-order valence-corrected chi connectivity index (χ0v) is 7.49. The number of hydrogen-bond acceptors (Lipinski definition) is 3. The normalized spacial score (nSPS) is 11.2. The van der Waals surface area contributed by atoms with Gasteiger partial charge in [-0.05, 0) is 12.1 Å². The Hall–Kier alpha value is -1.14. The van der Waals surface area contributed by atoms with Crippen molar-refractivity contribution < 1.29 is 17.9 Å². The highest BCUT2D eigenvalue weighted by atomic mass is 35.5. The van der Waals surface area contributed by atoms with E-state index >= 15 is 0 Å². The number of hydrazine groups is 1. The molecule has 0 aliphatic heterocycles. The van der Waals surface area contributed by atoms with E-state index in [-0.39, 0.29) is 10.7 Å². The summed E-state index contributed by atoms with van der Waals surface area (Å²) in [5.41, 5.74) is 2.40. The van der Waals surface area contributed by atoms with Crippen molar-refractivity contribution in [2.75, 3.05) is 5.43 Å². The van der Waals surface area contributed by atoms with Crippen molar-refractivity contribution in [2.45, 2.75) is 6.36 Å². The van der Waals surface area contributed by atoms with Crippen LogP contribution >= 0.6 is 11.6 Å². The van der Waals surface area contributed by atoms with E-state index in [4.69, 9.17) is 17.4 Å². The first kappa shape index (κ1) is 10.9. The van der Waals surface area contributed by atoms with E-state index in [2.05, 4.69) is 10.2 Å². The summed E-state index contributed by atoms with van der Waals surface area (Å²) in [6.45, 7) is 0. The van der Waals surface area contributed by atoms with Gasteiger partial charge in [0, 0.05) is 11.1 Å². The molecule has 0 aliphatic carbocycles. The van der Waals surface area contributed by atoms with Crippen LogP contribution in [0.5, 0.6) is 5.75 Å². The van der Waals surface area contributed by atoms with E-state index in [0.717, 1.165) is 12.1 Å². The Balaban J connectivity index is 2.92. The molecule has 3 N–H and O–H groups in total. The fourth-order valence-corrected chi connectivity index (χ4v) is 1.06. The minimum atomic E-state index is -4.74. The number of anilines is 1. The highest BCUT2D eigenvalue weighted by Crippen LogP contribution is 2.28. The molecule has 0 aliphatic rings. The maximum absolute atomic E-state index is 11.8. The number of alkyl halides is 3. The number of ether oxygens (including phenoxy) is 1. The summed E-state index contributed by atoms with van der Waals surface area (Å²) in [5, 5.41) is 0.0969. The third-order valence-electron chi connectivity index (χ3n) is 1.27. The second kappa shape index (κ2) is 3.93. The summed E-state index contributed by atoms with van der Waals surface area (Å²) >= 11 is 5.51. The number of nitrogen functional groups attached to an aromatic ring is 1. The topological polar surface area (TPSA) is 47.3 Å². The van der Waals surface area contributed by atoms with E-state index in [1.165, 1.54) is 6.07 Å². The summed E-state index contributed by atoms with van der Waals surface area (Å²) in [4.78, 5) is 0. The van der Waals surface area contributed by atoms with E-state index in [1.54, 1.807) is 0 Å². The van der Waals surface area contributed by atoms with Crippen molar-refractivity contribution in [1.82, 2.24) is 0 Å². The summed E-state index contributed by atoms with van der Waals surface area (Å²) in [7, 11) is 0. The molecule has 0 amide bonds. The molecule has 0 aromatic heterocycles. The molecule has 1 aromatic rings. The van der Waals surface area contributed by atoms with Crippen LogP contribution in [0.4, 0.5) is 18.9 Å². The Bertz CT molecular complexity index is 329. The molecule has 0 atom stereocenters. The Morgan fingerprint density at radius 3 is 2.43 bits per heavy atom. The van der Waals surface area contributed by atoms with Crippen LogP contribution in [0.3, 0.4) is 0 Å². The smallest absolute Gasteiger partial charge is 0.406 e. The average molecular weight is 227 g/mol. The Morgan fingerprint density at radius 1 is 1.29 bits per heavy atom. The van der Waals surface area contributed by atoms with E-state index in [9.17, 15) is 13.2 Å². The predicted molar refractivity (Wildman–Crippen MR) is 45.9 cm³/mol. The molecule has 0 unspecified atom stereocenters. The average Bonchev–Trinajstić information content (AvgIpc) is 1.99. The van der Waals surface area contributed by atoms with Crippen LogP contribution in [-0.4, -0.2) is 6.36 Å². The highest BCUT2D eigenvalue weighted by Gasteiger charge is 2.31. The SMILES string of the molecule is NNc1cc(Cl)cc(OC(F)(F)F)c1. The predicted octanol–water partition coefficient (Wildman–Crippen LogP) is 2.52. The zero-order chi connectivity index (χ0) is 10.8. The van der Waals surface area contributed by atoms with Crippen LogP contribution in [0, 0.1) is 0 Å². The van der Waals surface area contributed by atoms with Crippen molar-refractivity contribution in [3.05, 3.63) is 23.2 Å². The van der Waals surface area contributed by atoms with Gasteiger partial charge in [-0.1, -0.05) is 11.6 Å². The zero-order valence-electron chi connectivity index (χ0n) is 6.73. The highest BCUT2D eigenvalue weighted by molar-refractivity contribution is 6.31. The lowest BCUT2D eigenvalue weighted by molar-refractivity contribution is -0.274. The number of benzene rings is 1. The lowest BCUT2D eigenvalue weighted by Gasteiger charge is -2.10. The van der Waals surface area contributed by atoms with E-state index < -0.39 is 12.1 Å².